The molecule has 0 unspecified atom stereocenters. The van der Waals surface area contributed by atoms with E-state index in [0.29, 0.717) is 18.6 Å². The van der Waals surface area contributed by atoms with Crippen LogP contribution in [0.4, 0.5) is 0 Å². The third-order valence-corrected chi connectivity index (χ3v) is 3.30. The Bertz CT molecular complexity index is 353. The van der Waals surface area contributed by atoms with E-state index < -0.39 is 0 Å². The number of nitrogens with two attached hydrogens (primary N) is 1. The minimum Gasteiger partial charge on any atom is -0.401 e. The molecule has 2 heterocycles. The minimum absolute atomic E-state index is 0.0386. The van der Waals surface area contributed by atoms with E-state index >= 15 is 0 Å². The summed E-state index contributed by atoms with van der Waals surface area (Å²) in [6.45, 7) is 5.11. The summed E-state index contributed by atoms with van der Waals surface area (Å²) in [5.74, 6) is 0.339. The van der Waals surface area contributed by atoms with Crippen LogP contribution in [-0.2, 0) is 4.79 Å². The van der Waals surface area contributed by atoms with E-state index in [2.05, 4.69) is 18.7 Å². The molecular formula is C12H18N2O. The van der Waals surface area contributed by atoms with Gasteiger partial charge in [-0.25, -0.2) is 0 Å². The van der Waals surface area contributed by atoms with E-state index in [4.69, 9.17) is 5.73 Å². The zero-order valence-corrected chi connectivity index (χ0v) is 9.42. The zero-order chi connectivity index (χ0) is 11.1. The van der Waals surface area contributed by atoms with Crippen LogP contribution in [0.1, 0.15) is 33.1 Å². The van der Waals surface area contributed by atoms with Crippen molar-refractivity contribution in [3.8, 4) is 0 Å². The predicted octanol–water partition coefficient (Wildman–Crippen LogP) is 1.56. The smallest absolute Gasteiger partial charge is 0.138 e. The van der Waals surface area contributed by atoms with Gasteiger partial charge in [-0.05, 0) is 32.4 Å². The van der Waals surface area contributed by atoms with Gasteiger partial charge >= 0.3 is 0 Å². The first-order valence-corrected chi connectivity index (χ1v) is 5.43. The van der Waals surface area contributed by atoms with Crippen LogP contribution in [0.25, 0.3) is 0 Å². The van der Waals surface area contributed by atoms with Gasteiger partial charge in [-0.1, -0.05) is 0 Å². The Balaban J connectivity index is 2.35. The summed E-state index contributed by atoms with van der Waals surface area (Å²) in [7, 11) is 0. The van der Waals surface area contributed by atoms with Crippen LogP contribution in [0.3, 0.4) is 0 Å². The Kier molecular flexibility index (Phi) is 2.33. The molecule has 0 amide bonds. The second kappa shape index (κ2) is 3.40. The number of carbonyl (C=O) groups is 1. The molecule has 1 saturated heterocycles. The van der Waals surface area contributed by atoms with Gasteiger partial charge in [0.05, 0.1) is 6.54 Å². The van der Waals surface area contributed by atoms with E-state index in [0.717, 1.165) is 24.4 Å². The first-order chi connectivity index (χ1) is 6.99. The van der Waals surface area contributed by atoms with Crippen LogP contribution in [0, 0.1) is 0 Å². The topological polar surface area (TPSA) is 46.3 Å². The fourth-order valence-corrected chi connectivity index (χ4v) is 2.26. The summed E-state index contributed by atoms with van der Waals surface area (Å²) in [5.41, 5.74) is 7.88. The maximum Gasteiger partial charge on any atom is 0.138 e. The highest BCUT2D eigenvalue weighted by molar-refractivity contribution is 5.81. The molecular weight excluding hydrogens is 188 g/mol. The third-order valence-electron chi connectivity index (χ3n) is 3.30. The van der Waals surface area contributed by atoms with Gasteiger partial charge in [-0.2, -0.15) is 0 Å². The fourth-order valence-electron chi connectivity index (χ4n) is 2.26. The van der Waals surface area contributed by atoms with Gasteiger partial charge in [0.25, 0.3) is 0 Å². The molecule has 15 heavy (non-hydrogen) atoms. The lowest BCUT2D eigenvalue weighted by Crippen LogP contribution is -2.45. The van der Waals surface area contributed by atoms with Crippen molar-refractivity contribution >= 4 is 5.78 Å². The van der Waals surface area contributed by atoms with E-state index in [1.807, 2.05) is 12.2 Å². The Morgan fingerprint density at radius 2 is 2.13 bits per heavy atom. The van der Waals surface area contributed by atoms with Gasteiger partial charge in [-0.15, -0.1) is 0 Å². The van der Waals surface area contributed by atoms with Crippen molar-refractivity contribution < 1.29 is 4.79 Å². The Hall–Kier alpha value is -1.25. The molecule has 0 aliphatic carbocycles. The highest BCUT2D eigenvalue weighted by Crippen LogP contribution is 2.33. The normalized spacial score (nSPS) is 25.2. The predicted molar refractivity (Wildman–Crippen MR) is 60.0 cm³/mol. The highest BCUT2D eigenvalue weighted by atomic mass is 16.1. The van der Waals surface area contributed by atoms with Gasteiger partial charge in [0.1, 0.15) is 5.78 Å². The molecule has 0 radical (unpaired) electrons. The quantitative estimate of drug-likeness (QED) is 0.654. The molecule has 3 nitrogen and oxygen atoms in total. The van der Waals surface area contributed by atoms with Gasteiger partial charge < -0.3 is 10.6 Å². The van der Waals surface area contributed by atoms with Gasteiger partial charge in [0.15, 0.2) is 0 Å². The number of hydrogen-bond acceptors (Lipinski definition) is 3. The molecule has 0 saturated carbocycles. The lowest BCUT2D eigenvalue weighted by Gasteiger charge is -2.41. The largest absolute Gasteiger partial charge is 0.401 e. The maximum atomic E-state index is 11.6. The number of hydrogen-bond donors (Lipinski definition) is 1. The van der Waals surface area contributed by atoms with Crippen LogP contribution in [0.5, 0.6) is 0 Å². The fraction of sp³-hybridized carbons (Fsp3) is 0.583. The Morgan fingerprint density at radius 3 is 2.87 bits per heavy atom. The molecule has 0 aromatic heterocycles. The molecule has 2 aliphatic heterocycles. The molecule has 1 fully saturated rings. The highest BCUT2D eigenvalue weighted by Gasteiger charge is 2.33. The number of rotatable bonds is 0. The monoisotopic (exact) mass is 206 g/mol. The van der Waals surface area contributed by atoms with Crippen molar-refractivity contribution in [3.05, 3.63) is 23.5 Å². The second-order valence-electron chi connectivity index (χ2n) is 5.01. The van der Waals surface area contributed by atoms with E-state index in [1.165, 1.54) is 0 Å². The number of fused-ring (bicyclic) bond motifs is 1. The number of allylic oxidation sites excluding steroid dienone is 3. The van der Waals surface area contributed by atoms with Crippen LogP contribution in [-0.4, -0.2) is 22.8 Å². The summed E-state index contributed by atoms with van der Waals surface area (Å²) < 4.78 is 0. The summed E-state index contributed by atoms with van der Waals surface area (Å²) >= 11 is 0. The van der Waals surface area contributed by atoms with E-state index in [1.54, 1.807) is 0 Å². The summed E-state index contributed by atoms with van der Waals surface area (Å²) in [6.07, 6.45) is 6.06. The van der Waals surface area contributed by atoms with E-state index in [9.17, 15) is 4.79 Å². The van der Waals surface area contributed by atoms with Crippen molar-refractivity contribution in [2.24, 2.45) is 5.73 Å². The molecule has 2 aliphatic rings. The first-order valence-electron chi connectivity index (χ1n) is 5.43. The summed E-state index contributed by atoms with van der Waals surface area (Å²) in [5, 5.41) is 0. The molecule has 0 aromatic rings. The molecule has 82 valence electrons. The van der Waals surface area contributed by atoms with Crippen molar-refractivity contribution in [2.45, 2.75) is 38.6 Å². The van der Waals surface area contributed by atoms with Gasteiger partial charge in [-0.3, -0.25) is 4.79 Å². The molecule has 0 atom stereocenters. The van der Waals surface area contributed by atoms with Crippen molar-refractivity contribution in [1.29, 1.82) is 0 Å². The van der Waals surface area contributed by atoms with Crippen LogP contribution >= 0.6 is 0 Å². The lowest BCUT2D eigenvalue weighted by molar-refractivity contribution is -0.118. The first kappa shape index (κ1) is 10.3. The third kappa shape index (κ3) is 1.91. The molecule has 2 N–H and O–H groups in total. The Morgan fingerprint density at radius 1 is 1.40 bits per heavy atom. The van der Waals surface area contributed by atoms with Crippen molar-refractivity contribution in [2.75, 3.05) is 6.54 Å². The minimum atomic E-state index is 0.0386. The molecule has 0 aromatic carbocycles. The van der Waals surface area contributed by atoms with Crippen LogP contribution in [0.2, 0.25) is 0 Å². The van der Waals surface area contributed by atoms with Crippen LogP contribution in [0.15, 0.2) is 23.5 Å². The maximum absolute atomic E-state index is 11.6. The molecule has 0 bridgehead atoms. The standard InChI is InChI=1S/C12H18N2O/c1-12(2)6-5-11(15)7-10-4-3-9(13)8-14(10)12/h3-4H,5-8,13H2,1-2H3. The van der Waals surface area contributed by atoms with Crippen molar-refractivity contribution in [3.63, 3.8) is 0 Å². The van der Waals surface area contributed by atoms with Gasteiger partial charge in [0, 0.05) is 29.8 Å². The molecule has 2 rings (SSSR count). The number of Topliss-reactive ketones (excluding diaryl/α,β-unsaturated/α-hetero) is 1. The zero-order valence-electron chi connectivity index (χ0n) is 9.42. The SMILES string of the molecule is CC1(C)CCC(=O)CC2=CC=C(N)CN21. The summed E-state index contributed by atoms with van der Waals surface area (Å²) in [6, 6.07) is 0. The lowest BCUT2D eigenvalue weighted by atomic mass is 9.96. The second-order valence-corrected chi connectivity index (χ2v) is 5.01. The molecule has 0 spiro atoms. The van der Waals surface area contributed by atoms with Crippen LogP contribution < -0.4 is 5.73 Å². The van der Waals surface area contributed by atoms with Crippen molar-refractivity contribution in [1.82, 2.24) is 4.90 Å². The molecule has 3 heteroatoms. The van der Waals surface area contributed by atoms with E-state index in [-0.39, 0.29) is 5.54 Å². The summed E-state index contributed by atoms with van der Waals surface area (Å²) in [4.78, 5) is 13.9. The Labute approximate surface area is 90.6 Å². The number of carbonyl (C=O) groups excluding carboxylic acids is 1. The van der Waals surface area contributed by atoms with Gasteiger partial charge in [0.2, 0.25) is 0 Å². The number of nitrogens with zero attached hydrogens (tertiary/aromatic N) is 1. The number of ketones is 1. The average molecular weight is 206 g/mol. The average Bonchev–Trinajstić information content (AvgIpc) is 2.27.